The summed E-state index contributed by atoms with van der Waals surface area (Å²) in [5.41, 5.74) is 1.22. The summed E-state index contributed by atoms with van der Waals surface area (Å²) in [6, 6.07) is 11.9. The van der Waals surface area contributed by atoms with E-state index >= 15 is 0 Å². The summed E-state index contributed by atoms with van der Waals surface area (Å²) < 4.78 is 6.05. The Bertz CT molecular complexity index is 799. The summed E-state index contributed by atoms with van der Waals surface area (Å²) >= 11 is 1.77. The predicted molar refractivity (Wildman–Crippen MR) is 115 cm³/mol. The summed E-state index contributed by atoms with van der Waals surface area (Å²) in [5.74, 6) is 1.64. The van der Waals surface area contributed by atoms with Crippen LogP contribution in [-0.4, -0.2) is 59.7 Å². The molecule has 1 N–H and O–H groups in total. The summed E-state index contributed by atoms with van der Waals surface area (Å²) in [6.45, 7) is 4.78. The van der Waals surface area contributed by atoms with E-state index in [2.05, 4.69) is 16.3 Å². The Morgan fingerprint density at radius 3 is 2.83 bits per heavy atom. The summed E-state index contributed by atoms with van der Waals surface area (Å²) in [5, 5.41) is 12.0. The van der Waals surface area contributed by atoms with Crippen LogP contribution in [0.4, 0.5) is 0 Å². The fourth-order valence-corrected chi connectivity index (χ4v) is 5.02. The number of aliphatic hydroxyl groups is 1. The first kappa shape index (κ1) is 20.4. The van der Waals surface area contributed by atoms with Gasteiger partial charge in [-0.05, 0) is 61.2 Å². The van der Waals surface area contributed by atoms with Gasteiger partial charge in [-0.25, -0.2) is 0 Å². The molecular formula is C23H30N2O3S. The monoisotopic (exact) mass is 414 g/mol. The Morgan fingerprint density at radius 2 is 2.10 bits per heavy atom. The lowest BCUT2D eigenvalue weighted by Crippen LogP contribution is -2.48. The first-order chi connectivity index (χ1) is 14.1. The average molecular weight is 415 g/mol. The van der Waals surface area contributed by atoms with Crippen molar-refractivity contribution in [3.05, 3.63) is 52.2 Å². The molecule has 1 amide bonds. The highest BCUT2D eigenvalue weighted by Gasteiger charge is 2.34. The summed E-state index contributed by atoms with van der Waals surface area (Å²) in [7, 11) is 0. The molecule has 0 bridgehead atoms. The SMILES string of the molecule is C[C@H](O)CN(CC(=O)N1CCc2sccc2[C@@H]1COc1ccccc1)CC1CC1. The topological polar surface area (TPSA) is 53.0 Å². The van der Waals surface area contributed by atoms with Gasteiger partial charge in [0.25, 0.3) is 0 Å². The molecule has 2 aromatic rings. The molecule has 1 aromatic carbocycles. The van der Waals surface area contributed by atoms with Crippen molar-refractivity contribution in [3.63, 3.8) is 0 Å². The number of thiophene rings is 1. The second-order valence-electron chi connectivity index (χ2n) is 8.26. The minimum atomic E-state index is -0.427. The van der Waals surface area contributed by atoms with Crippen LogP contribution >= 0.6 is 11.3 Å². The van der Waals surface area contributed by atoms with Gasteiger partial charge in [-0.1, -0.05) is 18.2 Å². The van der Waals surface area contributed by atoms with Crippen molar-refractivity contribution in [1.29, 1.82) is 0 Å². The average Bonchev–Trinajstić information content (AvgIpc) is 3.38. The van der Waals surface area contributed by atoms with E-state index < -0.39 is 6.10 Å². The first-order valence-corrected chi connectivity index (χ1v) is 11.4. The molecule has 1 aromatic heterocycles. The second-order valence-corrected chi connectivity index (χ2v) is 9.26. The van der Waals surface area contributed by atoms with Crippen LogP contribution < -0.4 is 4.74 Å². The lowest BCUT2D eigenvalue weighted by Gasteiger charge is -2.37. The van der Waals surface area contributed by atoms with Crippen LogP contribution in [0.2, 0.25) is 0 Å². The number of hydrogen-bond acceptors (Lipinski definition) is 5. The van der Waals surface area contributed by atoms with Crippen LogP contribution in [0.15, 0.2) is 41.8 Å². The highest BCUT2D eigenvalue weighted by molar-refractivity contribution is 7.10. The lowest BCUT2D eigenvalue weighted by molar-refractivity contribution is -0.136. The van der Waals surface area contributed by atoms with Gasteiger partial charge in [-0.15, -0.1) is 11.3 Å². The number of para-hydroxylation sites is 1. The number of ether oxygens (including phenoxy) is 1. The lowest BCUT2D eigenvalue weighted by atomic mass is 10.0. The van der Waals surface area contributed by atoms with Gasteiger partial charge in [0, 0.05) is 24.5 Å². The minimum absolute atomic E-state index is 0.0629. The Kier molecular flexibility index (Phi) is 6.53. The third-order valence-electron chi connectivity index (χ3n) is 5.66. The maximum atomic E-state index is 13.3. The van der Waals surface area contributed by atoms with Crippen LogP contribution in [0, 0.1) is 5.92 Å². The molecule has 0 spiro atoms. The molecule has 1 saturated carbocycles. The second kappa shape index (κ2) is 9.28. The number of amides is 1. The molecule has 0 unspecified atom stereocenters. The van der Waals surface area contributed by atoms with Crippen molar-refractivity contribution in [2.75, 3.05) is 32.8 Å². The molecule has 4 rings (SSSR count). The zero-order valence-corrected chi connectivity index (χ0v) is 17.8. The van der Waals surface area contributed by atoms with Crippen molar-refractivity contribution in [3.8, 4) is 5.75 Å². The van der Waals surface area contributed by atoms with Crippen LogP contribution in [0.3, 0.4) is 0 Å². The molecule has 1 aliphatic carbocycles. The van der Waals surface area contributed by atoms with Crippen molar-refractivity contribution in [2.45, 2.75) is 38.3 Å². The summed E-state index contributed by atoms with van der Waals surface area (Å²) in [4.78, 5) is 18.8. The predicted octanol–water partition coefficient (Wildman–Crippen LogP) is 3.35. The number of fused-ring (bicyclic) bond motifs is 1. The van der Waals surface area contributed by atoms with Gasteiger partial charge >= 0.3 is 0 Å². The van der Waals surface area contributed by atoms with Gasteiger partial charge in [-0.3, -0.25) is 9.69 Å². The van der Waals surface area contributed by atoms with Crippen molar-refractivity contribution < 1.29 is 14.6 Å². The van der Waals surface area contributed by atoms with Gasteiger partial charge in [-0.2, -0.15) is 0 Å². The number of carbonyl (C=O) groups excluding carboxylic acids is 1. The van der Waals surface area contributed by atoms with Crippen LogP contribution in [-0.2, 0) is 11.2 Å². The zero-order valence-electron chi connectivity index (χ0n) is 17.0. The van der Waals surface area contributed by atoms with E-state index in [1.165, 1.54) is 23.3 Å². The normalized spacial score (nSPS) is 19.8. The highest BCUT2D eigenvalue weighted by Crippen LogP contribution is 2.34. The minimum Gasteiger partial charge on any atom is -0.491 e. The number of nitrogens with zero attached hydrogens (tertiary/aromatic N) is 2. The van der Waals surface area contributed by atoms with E-state index in [0.717, 1.165) is 25.3 Å². The fourth-order valence-electron chi connectivity index (χ4n) is 4.09. The Balaban J connectivity index is 1.46. The standard InChI is InChI=1S/C23H30N2O3S/c1-17(26)13-24(14-18-7-8-18)15-23(27)25-11-9-22-20(10-12-29-22)21(25)16-28-19-5-3-2-4-6-19/h2-6,10,12,17-18,21,26H,7-9,11,13-16H2,1H3/t17-,21-/m0/s1. The summed E-state index contributed by atoms with van der Waals surface area (Å²) in [6.07, 6.45) is 2.95. The molecule has 0 radical (unpaired) electrons. The number of carbonyl (C=O) groups is 1. The molecule has 6 heteroatoms. The first-order valence-electron chi connectivity index (χ1n) is 10.5. The molecule has 2 heterocycles. The molecule has 1 fully saturated rings. The van der Waals surface area contributed by atoms with Crippen molar-refractivity contribution >= 4 is 17.2 Å². The number of aliphatic hydroxyl groups excluding tert-OH is 1. The molecule has 156 valence electrons. The van der Waals surface area contributed by atoms with Crippen molar-refractivity contribution in [1.82, 2.24) is 9.80 Å². The maximum absolute atomic E-state index is 13.3. The number of benzene rings is 1. The molecule has 5 nitrogen and oxygen atoms in total. The van der Waals surface area contributed by atoms with Gasteiger partial charge in [0.15, 0.2) is 0 Å². The van der Waals surface area contributed by atoms with Crippen LogP contribution in [0.5, 0.6) is 5.75 Å². The molecule has 1 aliphatic heterocycles. The van der Waals surface area contributed by atoms with E-state index in [1.54, 1.807) is 18.3 Å². The highest BCUT2D eigenvalue weighted by atomic mass is 32.1. The van der Waals surface area contributed by atoms with Gasteiger partial charge in [0.2, 0.25) is 5.91 Å². The van der Waals surface area contributed by atoms with Gasteiger partial charge < -0.3 is 14.7 Å². The zero-order chi connectivity index (χ0) is 20.2. The molecular weight excluding hydrogens is 384 g/mol. The number of rotatable bonds is 9. The molecule has 2 atom stereocenters. The smallest absolute Gasteiger partial charge is 0.237 e. The van der Waals surface area contributed by atoms with Crippen molar-refractivity contribution in [2.24, 2.45) is 5.92 Å². The Morgan fingerprint density at radius 1 is 1.31 bits per heavy atom. The fraction of sp³-hybridized carbons (Fsp3) is 0.522. The largest absolute Gasteiger partial charge is 0.491 e. The number of hydrogen-bond donors (Lipinski definition) is 1. The third kappa shape index (κ3) is 5.38. The molecule has 29 heavy (non-hydrogen) atoms. The molecule has 2 aliphatic rings. The van der Waals surface area contributed by atoms with Gasteiger partial charge in [0.1, 0.15) is 12.4 Å². The third-order valence-corrected chi connectivity index (χ3v) is 6.66. The van der Waals surface area contributed by atoms with Crippen LogP contribution in [0.25, 0.3) is 0 Å². The quantitative estimate of drug-likeness (QED) is 0.684. The van der Waals surface area contributed by atoms with E-state index in [-0.39, 0.29) is 11.9 Å². The van der Waals surface area contributed by atoms with Gasteiger partial charge in [0.05, 0.1) is 18.7 Å². The van der Waals surface area contributed by atoms with Crippen LogP contribution in [0.1, 0.15) is 36.2 Å². The Hall–Kier alpha value is -1.89. The molecule has 0 saturated heterocycles. The van der Waals surface area contributed by atoms with E-state index in [1.807, 2.05) is 35.2 Å². The van der Waals surface area contributed by atoms with E-state index in [0.29, 0.717) is 25.6 Å². The van der Waals surface area contributed by atoms with E-state index in [4.69, 9.17) is 4.74 Å². The van der Waals surface area contributed by atoms with E-state index in [9.17, 15) is 9.90 Å². The Labute approximate surface area is 176 Å². The maximum Gasteiger partial charge on any atom is 0.237 e.